The van der Waals surface area contributed by atoms with Crippen LogP contribution in [0.15, 0.2) is 12.1 Å². The van der Waals surface area contributed by atoms with Crippen LogP contribution in [0, 0.1) is 10.1 Å². The zero-order valence-electron chi connectivity index (χ0n) is 17.3. The normalized spacial score (nSPS) is 11.9. The van der Waals surface area contributed by atoms with E-state index in [9.17, 15) is 19.7 Å². The van der Waals surface area contributed by atoms with Crippen molar-refractivity contribution < 1.29 is 28.7 Å². The smallest absolute Gasteiger partial charge is 0.346 e. The summed E-state index contributed by atoms with van der Waals surface area (Å²) in [5, 5.41) is 11.4. The van der Waals surface area contributed by atoms with Crippen molar-refractivity contribution in [1.29, 1.82) is 0 Å². The van der Waals surface area contributed by atoms with Crippen molar-refractivity contribution in [3.05, 3.63) is 27.8 Å². The van der Waals surface area contributed by atoms with Gasteiger partial charge in [0.25, 0.3) is 11.6 Å². The largest absolute Gasteiger partial charge is 0.493 e. The van der Waals surface area contributed by atoms with Crippen LogP contribution < -0.4 is 9.47 Å². The molecule has 1 aromatic rings. The monoisotopic (exact) mass is 396 g/mol. The number of methoxy groups -OCH3 is 1. The summed E-state index contributed by atoms with van der Waals surface area (Å²) in [5.41, 5.74) is -0.802. The lowest BCUT2D eigenvalue weighted by atomic mass is 10.1. The Morgan fingerprint density at radius 1 is 1.11 bits per heavy atom. The number of nitrogens with zero attached hydrogens (tertiary/aromatic N) is 2. The van der Waals surface area contributed by atoms with E-state index in [4.69, 9.17) is 14.2 Å². The molecule has 0 aliphatic heterocycles. The average Bonchev–Trinajstić information content (AvgIpc) is 2.60. The number of nitro benzene ring substituents is 1. The molecule has 156 valence electrons. The molecule has 9 heteroatoms. The van der Waals surface area contributed by atoms with Crippen LogP contribution in [0.5, 0.6) is 11.5 Å². The van der Waals surface area contributed by atoms with Crippen LogP contribution in [0.4, 0.5) is 5.69 Å². The fourth-order valence-corrected chi connectivity index (χ4v) is 2.88. The molecule has 1 rings (SSSR count). The van der Waals surface area contributed by atoms with E-state index in [2.05, 4.69) is 0 Å². The molecule has 28 heavy (non-hydrogen) atoms. The molecule has 0 N–H and O–H groups in total. The molecule has 0 aliphatic carbocycles. The van der Waals surface area contributed by atoms with E-state index < -0.39 is 22.7 Å². The standard InChI is InChI=1S/C19H28N2O7/c1-8-27-17-10-15(21(24)25)14(9-16(17)26-7)19(23)28-13(6)18(22)20(11(2)3)12(4)5/h9-13H,8H2,1-7H3. The quantitative estimate of drug-likeness (QED) is 0.358. The maximum atomic E-state index is 12.6. The summed E-state index contributed by atoms with van der Waals surface area (Å²) in [7, 11) is 1.36. The lowest BCUT2D eigenvalue weighted by Gasteiger charge is -2.32. The van der Waals surface area contributed by atoms with Gasteiger partial charge in [-0.1, -0.05) is 0 Å². The Balaban J connectivity index is 3.20. The molecule has 0 bridgehead atoms. The molecule has 0 aliphatic rings. The Kier molecular flexibility index (Phi) is 8.21. The van der Waals surface area contributed by atoms with Crippen molar-refractivity contribution in [1.82, 2.24) is 4.90 Å². The summed E-state index contributed by atoms with van der Waals surface area (Å²) < 4.78 is 15.7. The highest BCUT2D eigenvalue weighted by Gasteiger charge is 2.31. The molecule has 0 fully saturated rings. The number of esters is 1. The maximum Gasteiger partial charge on any atom is 0.346 e. The van der Waals surface area contributed by atoms with Gasteiger partial charge < -0.3 is 19.1 Å². The number of rotatable bonds is 9. The van der Waals surface area contributed by atoms with Gasteiger partial charge in [0.2, 0.25) is 0 Å². The van der Waals surface area contributed by atoms with Crippen LogP contribution in [0.2, 0.25) is 0 Å². The Hall–Kier alpha value is -2.84. The van der Waals surface area contributed by atoms with E-state index in [1.807, 2.05) is 27.7 Å². The molecule has 0 radical (unpaired) electrons. The second kappa shape index (κ2) is 9.91. The van der Waals surface area contributed by atoms with Gasteiger partial charge in [0, 0.05) is 18.2 Å². The molecule has 0 heterocycles. The van der Waals surface area contributed by atoms with Crippen molar-refractivity contribution in [2.45, 2.75) is 59.7 Å². The van der Waals surface area contributed by atoms with E-state index in [1.165, 1.54) is 20.1 Å². The highest BCUT2D eigenvalue weighted by molar-refractivity contribution is 5.96. The van der Waals surface area contributed by atoms with Crippen LogP contribution >= 0.6 is 0 Å². The Bertz CT molecular complexity index is 723. The van der Waals surface area contributed by atoms with Crippen molar-refractivity contribution in [2.24, 2.45) is 0 Å². The van der Waals surface area contributed by atoms with Gasteiger partial charge in [-0.25, -0.2) is 4.79 Å². The topological polar surface area (TPSA) is 108 Å². The number of hydrogen-bond acceptors (Lipinski definition) is 7. The fourth-order valence-electron chi connectivity index (χ4n) is 2.88. The second-order valence-corrected chi connectivity index (χ2v) is 6.69. The summed E-state index contributed by atoms with van der Waals surface area (Å²) in [5.74, 6) is -1.06. The molecule has 1 atom stereocenters. The number of nitro groups is 1. The summed E-state index contributed by atoms with van der Waals surface area (Å²) in [6.45, 7) is 10.8. The van der Waals surface area contributed by atoms with Crippen LogP contribution in [0.25, 0.3) is 0 Å². The minimum absolute atomic E-state index is 0.0893. The summed E-state index contributed by atoms with van der Waals surface area (Å²) in [6, 6.07) is 2.12. The van der Waals surface area contributed by atoms with E-state index >= 15 is 0 Å². The van der Waals surface area contributed by atoms with Gasteiger partial charge in [-0.2, -0.15) is 0 Å². The molecule has 0 spiro atoms. The third-order valence-corrected chi connectivity index (χ3v) is 4.00. The van der Waals surface area contributed by atoms with Crippen LogP contribution in [0.3, 0.4) is 0 Å². The molecule has 9 nitrogen and oxygen atoms in total. The van der Waals surface area contributed by atoms with Gasteiger partial charge in [-0.15, -0.1) is 0 Å². The number of hydrogen-bond donors (Lipinski definition) is 0. The Labute approximate surface area is 164 Å². The zero-order valence-corrected chi connectivity index (χ0v) is 17.3. The number of carbonyl (C=O) groups is 2. The fraction of sp³-hybridized carbons (Fsp3) is 0.579. The molecule has 0 saturated heterocycles. The Morgan fingerprint density at radius 3 is 2.11 bits per heavy atom. The predicted molar refractivity (Wildman–Crippen MR) is 103 cm³/mol. The van der Waals surface area contributed by atoms with Crippen molar-refractivity contribution >= 4 is 17.6 Å². The van der Waals surface area contributed by atoms with Gasteiger partial charge in [0.15, 0.2) is 17.6 Å². The van der Waals surface area contributed by atoms with E-state index in [1.54, 1.807) is 11.8 Å². The number of benzene rings is 1. The molecule has 1 amide bonds. The van der Waals surface area contributed by atoms with Crippen molar-refractivity contribution in [3.63, 3.8) is 0 Å². The first-order valence-corrected chi connectivity index (χ1v) is 9.07. The number of amides is 1. The first kappa shape index (κ1) is 23.2. The third kappa shape index (κ3) is 5.34. The van der Waals surface area contributed by atoms with E-state index in [0.717, 1.165) is 6.07 Å². The first-order chi connectivity index (χ1) is 13.0. The first-order valence-electron chi connectivity index (χ1n) is 9.07. The highest BCUT2D eigenvalue weighted by atomic mass is 16.6. The highest BCUT2D eigenvalue weighted by Crippen LogP contribution is 2.35. The lowest BCUT2D eigenvalue weighted by molar-refractivity contribution is -0.385. The summed E-state index contributed by atoms with van der Waals surface area (Å²) in [6.07, 6.45) is -1.10. The second-order valence-electron chi connectivity index (χ2n) is 6.69. The van der Waals surface area contributed by atoms with Crippen LogP contribution in [-0.4, -0.2) is 53.6 Å². The van der Waals surface area contributed by atoms with Crippen LogP contribution in [-0.2, 0) is 9.53 Å². The SMILES string of the molecule is CCOc1cc([N+](=O)[O-])c(C(=O)OC(C)C(=O)N(C(C)C)C(C)C)cc1OC. The average molecular weight is 396 g/mol. The van der Waals surface area contributed by atoms with Crippen molar-refractivity contribution in [3.8, 4) is 11.5 Å². The maximum absolute atomic E-state index is 12.6. The lowest BCUT2D eigenvalue weighted by Crippen LogP contribution is -2.47. The van der Waals surface area contributed by atoms with Gasteiger partial charge in [-0.3, -0.25) is 14.9 Å². The predicted octanol–water partition coefficient (Wildman–Crippen LogP) is 3.19. The van der Waals surface area contributed by atoms with E-state index in [0.29, 0.717) is 0 Å². The molecule has 0 saturated carbocycles. The van der Waals surface area contributed by atoms with Crippen molar-refractivity contribution in [2.75, 3.05) is 13.7 Å². The van der Waals surface area contributed by atoms with Crippen LogP contribution in [0.1, 0.15) is 51.9 Å². The molecular formula is C19H28N2O7. The molecular weight excluding hydrogens is 368 g/mol. The van der Waals surface area contributed by atoms with Gasteiger partial charge in [0.1, 0.15) is 5.56 Å². The molecule has 1 aromatic carbocycles. The number of carbonyl (C=O) groups excluding carboxylic acids is 2. The Morgan fingerprint density at radius 2 is 1.68 bits per heavy atom. The van der Waals surface area contributed by atoms with Gasteiger partial charge in [0.05, 0.1) is 24.7 Å². The van der Waals surface area contributed by atoms with E-state index in [-0.39, 0.29) is 41.7 Å². The van der Waals surface area contributed by atoms with Gasteiger partial charge >= 0.3 is 5.97 Å². The minimum Gasteiger partial charge on any atom is -0.493 e. The summed E-state index contributed by atoms with van der Waals surface area (Å²) in [4.78, 5) is 37.5. The summed E-state index contributed by atoms with van der Waals surface area (Å²) >= 11 is 0. The number of ether oxygens (including phenoxy) is 3. The third-order valence-electron chi connectivity index (χ3n) is 4.00. The molecule has 1 unspecified atom stereocenters. The molecule has 0 aromatic heterocycles. The zero-order chi connectivity index (χ0) is 21.6. The minimum atomic E-state index is -1.10. The van der Waals surface area contributed by atoms with Gasteiger partial charge in [-0.05, 0) is 41.5 Å².